The third kappa shape index (κ3) is 3.12. The first-order valence-corrected chi connectivity index (χ1v) is 6.40. The SMILES string of the molecule is Cc1cc(Oc2ccc(C(=O)O)c(C)c2)ncc1Br. The van der Waals surface area contributed by atoms with Crippen molar-refractivity contribution in [3.05, 3.63) is 51.6 Å². The Morgan fingerprint density at radius 2 is 2.00 bits per heavy atom. The lowest BCUT2D eigenvalue weighted by molar-refractivity contribution is 0.0696. The molecule has 0 saturated carbocycles. The van der Waals surface area contributed by atoms with Crippen LogP contribution in [-0.2, 0) is 0 Å². The van der Waals surface area contributed by atoms with Crippen LogP contribution in [0, 0.1) is 13.8 Å². The van der Waals surface area contributed by atoms with Crippen LogP contribution in [0.5, 0.6) is 11.6 Å². The zero-order valence-corrected chi connectivity index (χ0v) is 12.1. The number of nitrogens with zero attached hydrogens (tertiary/aromatic N) is 1. The fourth-order valence-corrected chi connectivity index (χ4v) is 1.85. The molecule has 19 heavy (non-hydrogen) atoms. The summed E-state index contributed by atoms with van der Waals surface area (Å²) in [5.74, 6) is 0.0987. The Bertz CT molecular complexity index is 641. The highest BCUT2D eigenvalue weighted by atomic mass is 79.9. The number of carboxylic acids is 1. The first-order valence-electron chi connectivity index (χ1n) is 5.61. The average molecular weight is 322 g/mol. The number of hydrogen-bond donors (Lipinski definition) is 1. The molecule has 4 nitrogen and oxygen atoms in total. The van der Waals surface area contributed by atoms with E-state index in [2.05, 4.69) is 20.9 Å². The molecular formula is C14H12BrNO3. The molecule has 5 heteroatoms. The van der Waals surface area contributed by atoms with Crippen LogP contribution < -0.4 is 4.74 Å². The minimum Gasteiger partial charge on any atom is -0.478 e. The summed E-state index contributed by atoms with van der Waals surface area (Å²) in [7, 11) is 0. The second-order valence-electron chi connectivity index (χ2n) is 4.16. The van der Waals surface area contributed by atoms with Gasteiger partial charge in [-0.2, -0.15) is 0 Å². The predicted octanol–water partition coefficient (Wildman–Crippen LogP) is 3.95. The van der Waals surface area contributed by atoms with Crippen molar-refractivity contribution < 1.29 is 14.6 Å². The van der Waals surface area contributed by atoms with E-state index in [1.165, 1.54) is 6.07 Å². The van der Waals surface area contributed by atoms with Gasteiger partial charge in [0, 0.05) is 16.7 Å². The maximum absolute atomic E-state index is 10.9. The minimum absolute atomic E-state index is 0.271. The van der Waals surface area contributed by atoms with Gasteiger partial charge in [-0.15, -0.1) is 0 Å². The van der Waals surface area contributed by atoms with E-state index in [0.29, 0.717) is 17.2 Å². The number of carbonyl (C=O) groups is 1. The smallest absolute Gasteiger partial charge is 0.335 e. The predicted molar refractivity (Wildman–Crippen MR) is 74.9 cm³/mol. The third-order valence-electron chi connectivity index (χ3n) is 2.67. The summed E-state index contributed by atoms with van der Waals surface area (Å²) in [5.41, 5.74) is 1.94. The van der Waals surface area contributed by atoms with Crippen LogP contribution in [0.3, 0.4) is 0 Å². The number of ether oxygens (including phenoxy) is 1. The third-order valence-corrected chi connectivity index (χ3v) is 3.50. The van der Waals surface area contributed by atoms with Gasteiger partial charge in [0.1, 0.15) is 5.75 Å². The average Bonchev–Trinajstić information content (AvgIpc) is 2.33. The van der Waals surface area contributed by atoms with Crippen molar-refractivity contribution in [3.63, 3.8) is 0 Å². The monoisotopic (exact) mass is 321 g/mol. The Balaban J connectivity index is 2.26. The van der Waals surface area contributed by atoms with Gasteiger partial charge in [0.15, 0.2) is 0 Å². The number of carboxylic acid groups (broad SMARTS) is 1. The van der Waals surface area contributed by atoms with Gasteiger partial charge in [0.25, 0.3) is 0 Å². The molecule has 0 aliphatic heterocycles. The standard InChI is InChI=1S/C14H12BrNO3/c1-8-5-10(3-4-11(8)14(17)18)19-13-6-9(2)12(15)7-16-13/h3-7H,1-2H3,(H,17,18). The lowest BCUT2D eigenvalue weighted by Crippen LogP contribution is -1.99. The lowest BCUT2D eigenvalue weighted by atomic mass is 10.1. The molecule has 98 valence electrons. The van der Waals surface area contributed by atoms with Crippen molar-refractivity contribution in [2.75, 3.05) is 0 Å². The maximum atomic E-state index is 10.9. The van der Waals surface area contributed by atoms with Gasteiger partial charge in [-0.3, -0.25) is 0 Å². The molecule has 2 rings (SSSR count). The number of aryl methyl sites for hydroxylation is 2. The molecule has 0 fully saturated rings. The topological polar surface area (TPSA) is 59.4 Å². The summed E-state index contributed by atoms with van der Waals surface area (Å²) in [6, 6.07) is 6.64. The first-order chi connectivity index (χ1) is 8.97. The highest BCUT2D eigenvalue weighted by molar-refractivity contribution is 9.10. The van der Waals surface area contributed by atoms with E-state index >= 15 is 0 Å². The number of rotatable bonds is 3. The zero-order chi connectivity index (χ0) is 14.0. The zero-order valence-electron chi connectivity index (χ0n) is 10.5. The van der Waals surface area contributed by atoms with E-state index in [9.17, 15) is 4.79 Å². The normalized spacial score (nSPS) is 10.3. The van der Waals surface area contributed by atoms with Crippen molar-refractivity contribution >= 4 is 21.9 Å². The highest BCUT2D eigenvalue weighted by Crippen LogP contribution is 2.25. The van der Waals surface area contributed by atoms with E-state index in [4.69, 9.17) is 9.84 Å². The molecule has 0 aliphatic carbocycles. The van der Waals surface area contributed by atoms with Crippen LogP contribution in [0.25, 0.3) is 0 Å². The summed E-state index contributed by atoms with van der Waals surface area (Å²) >= 11 is 3.37. The molecule has 1 heterocycles. The van der Waals surface area contributed by atoms with Gasteiger partial charge in [-0.25, -0.2) is 9.78 Å². The summed E-state index contributed by atoms with van der Waals surface area (Å²) in [6.45, 7) is 3.67. The fraction of sp³-hybridized carbons (Fsp3) is 0.143. The molecule has 0 radical (unpaired) electrons. The van der Waals surface area contributed by atoms with Crippen molar-refractivity contribution in [2.24, 2.45) is 0 Å². The van der Waals surface area contributed by atoms with Crippen LogP contribution in [0.2, 0.25) is 0 Å². The van der Waals surface area contributed by atoms with Crippen LogP contribution in [-0.4, -0.2) is 16.1 Å². The summed E-state index contributed by atoms with van der Waals surface area (Å²) in [4.78, 5) is 15.1. The van der Waals surface area contributed by atoms with Crippen molar-refractivity contribution in [3.8, 4) is 11.6 Å². The lowest BCUT2D eigenvalue weighted by Gasteiger charge is -2.08. The molecule has 1 aromatic heterocycles. The molecular weight excluding hydrogens is 310 g/mol. The first kappa shape index (κ1) is 13.5. The fourth-order valence-electron chi connectivity index (χ4n) is 1.63. The number of hydrogen-bond acceptors (Lipinski definition) is 3. The van der Waals surface area contributed by atoms with E-state index in [1.807, 2.05) is 13.0 Å². The Morgan fingerprint density at radius 1 is 1.26 bits per heavy atom. The highest BCUT2D eigenvalue weighted by Gasteiger charge is 2.08. The Labute approximate surface area is 119 Å². The van der Waals surface area contributed by atoms with Crippen molar-refractivity contribution in [1.82, 2.24) is 4.98 Å². The molecule has 1 aromatic carbocycles. The molecule has 0 saturated heterocycles. The Morgan fingerprint density at radius 3 is 2.58 bits per heavy atom. The second kappa shape index (κ2) is 5.40. The van der Waals surface area contributed by atoms with E-state index in [-0.39, 0.29) is 5.56 Å². The molecule has 0 aliphatic rings. The van der Waals surface area contributed by atoms with Crippen molar-refractivity contribution in [2.45, 2.75) is 13.8 Å². The molecule has 1 N–H and O–H groups in total. The number of aromatic carboxylic acids is 1. The van der Waals surface area contributed by atoms with Crippen molar-refractivity contribution in [1.29, 1.82) is 0 Å². The van der Waals surface area contributed by atoms with Gasteiger partial charge < -0.3 is 9.84 Å². The number of aromatic nitrogens is 1. The van der Waals surface area contributed by atoms with Gasteiger partial charge >= 0.3 is 5.97 Å². The van der Waals surface area contributed by atoms with Gasteiger partial charge in [-0.1, -0.05) is 0 Å². The van der Waals surface area contributed by atoms with Gasteiger partial charge in [0.05, 0.1) is 5.56 Å². The molecule has 0 amide bonds. The van der Waals surface area contributed by atoms with Crippen LogP contribution >= 0.6 is 15.9 Å². The van der Waals surface area contributed by atoms with Crippen LogP contribution in [0.4, 0.5) is 0 Å². The quantitative estimate of drug-likeness (QED) is 0.929. The Kier molecular flexibility index (Phi) is 3.85. The second-order valence-corrected chi connectivity index (χ2v) is 5.01. The molecule has 0 spiro atoms. The minimum atomic E-state index is -0.943. The summed E-state index contributed by atoms with van der Waals surface area (Å²) in [6.07, 6.45) is 1.67. The van der Waals surface area contributed by atoms with E-state index < -0.39 is 5.97 Å². The van der Waals surface area contributed by atoms with Gasteiger partial charge in [0.2, 0.25) is 5.88 Å². The van der Waals surface area contributed by atoms with Crippen LogP contribution in [0.1, 0.15) is 21.5 Å². The molecule has 2 aromatic rings. The summed E-state index contributed by atoms with van der Waals surface area (Å²) < 4.78 is 6.52. The van der Waals surface area contributed by atoms with Crippen LogP contribution in [0.15, 0.2) is 34.9 Å². The number of halogens is 1. The van der Waals surface area contributed by atoms with E-state index in [1.54, 1.807) is 25.3 Å². The number of pyridine rings is 1. The van der Waals surface area contributed by atoms with Gasteiger partial charge in [-0.05, 0) is 59.1 Å². The molecule has 0 unspecified atom stereocenters. The molecule has 0 atom stereocenters. The maximum Gasteiger partial charge on any atom is 0.335 e. The number of benzene rings is 1. The molecule has 0 bridgehead atoms. The Hall–Kier alpha value is -1.88. The largest absolute Gasteiger partial charge is 0.478 e. The van der Waals surface area contributed by atoms with E-state index in [0.717, 1.165) is 10.0 Å². The summed E-state index contributed by atoms with van der Waals surface area (Å²) in [5, 5.41) is 8.95.